The van der Waals surface area contributed by atoms with Gasteiger partial charge in [-0.2, -0.15) is 4.98 Å². The van der Waals surface area contributed by atoms with Gasteiger partial charge in [-0.3, -0.25) is 4.79 Å². The normalized spacial score (nSPS) is 14.8. The third-order valence-corrected chi connectivity index (χ3v) is 7.80. The Kier molecular flexibility index (Phi) is 8.14. The molecule has 2 heterocycles. The van der Waals surface area contributed by atoms with Crippen molar-refractivity contribution in [3.8, 4) is 11.1 Å². The van der Waals surface area contributed by atoms with Crippen LogP contribution in [0.1, 0.15) is 24.8 Å². The molecule has 0 saturated carbocycles. The maximum atomic E-state index is 12.6. The van der Waals surface area contributed by atoms with Crippen molar-refractivity contribution in [3.63, 3.8) is 0 Å². The second-order valence-electron chi connectivity index (χ2n) is 9.25. The summed E-state index contributed by atoms with van der Waals surface area (Å²) >= 11 is 0. The second-order valence-corrected chi connectivity index (χ2v) is 11.0. The molecule has 0 spiro atoms. The number of hydrogen-bond donors (Lipinski definition) is 4. The highest BCUT2D eigenvalue weighted by molar-refractivity contribution is 7.89. The van der Waals surface area contributed by atoms with E-state index in [2.05, 4.69) is 25.7 Å². The first-order chi connectivity index (χ1) is 19.0. The molecule has 0 fully saturated rings. The van der Waals surface area contributed by atoms with Gasteiger partial charge in [0, 0.05) is 42.6 Å². The lowest BCUT2D eigenvalue weighted by atomic mass is 10.0. The van der Waals surface area contributed by atoms with Gasteiger partial charge in [-0.1, -0.05) is 48.5 Å². The number of nitrogens with zero attached hydrogens (tertiary/aromatic N) is 2. The summed E-state index contributed by atoms with van der Waals surface area (Å²) < 4.78 is 27.8. The molecular weight excluding hydrogens is 512 g/mol. The lowest BCUT2D eigenvalue weighted by Crippen LogP contribution is -2.25. The van der Waals surface area contributed by atoms with E-state index in [0.717, 1.165) is 28.8 Å². The number of benzene rings is 3. The first-order valence-corrected chi connectivity index (χ1v) is 14.4. The number of aromatic nitrogens is 2. The molecule has 4 bridgehead atoms. The Morgan fingerprint density at radius 3 is 2.54 bits per heavy atom. The first-order valence-electron chi connectivity index (χ1n) is 12.9. The first kappa shape index (κ1) is 26.3. The Morgan fingerprint density at radius 1 is 0.923 bits per heavy atom. The van der Waals surface area contributed by atoms with Gasteiger partial charge in [0.1, 0.15) is 5.82 Å². The van der Waals surface area contributed by atoms with Crippen molar-refractivity contribution in [3.05, 3.63) is 90.6 Å². The van der Waals surface area contributed by atoms with E-state index in [4.69, 9.17) is 4.98 Å². The number of amides is 1. The molecule has 39 heavy (non-hydrogen) atoms. The highest BCUT2D eigenvalue weighted by Gasteiger charge is 2.16. The number of carbonyl (C=O) groups is 1. The Balaban J connectivity index is 1.31. The van der Waals surface area contributed by atoms with Gasteiger partial charge in [0.25, 0.3) is 0 Å². The van der Waals surface area contributed by atoms with E-state index in [-0.39, 0.29) is 10.8 Å². The van der Waals surface area contributed by atoms with Crippen LogP contribution in [-0.4, -0.2) is 37.4 Å². The van der Waals surface area contributed by atoms with Crippen LogP contribution in [0.15, 0.2) is 90.0 Å². The van der Waals surface area contributed by atoms with Crippen molar-refractivity contribution in [2.24, 2.45) is 0 Å². The monoisotopic (exact) mass is 542 g/mol. The van der Waals surface area contributed by atoms with Crippen LogP contribution in [0.25, 0.3) is 11.1 Å². The van der Waals surface area contributed by atoms with E-state index < -0.39 is 10.0 Å². The molecule has 10 heteroatoms. The standard InChI is InChI=1S/C29H30N6O3S/c36-27(33-23-7-2-1-3-8-23)16-13-21-11-14-22(15-12-21)26-20-31-29-34-24-9-6-10-25(19-24)39(37,38)32-18-5-4-17-30-28(26)35-29/h1-3,6-12,14-15,19-20,32H,4-5,13,16-18H2,(H,33,36)(H2,30,31,34,35). The summed E-state index contributed by atoms with van der Waals surface area (Å²) in [5.41, 5.74) is 4.25. The summed E-state index contributed by atoms with van der Waals surface area (Å²) in [7, 11) is -3.58. The molecule has 1 aliphatic heterocycles. The van der Waals surface area contributed by atoms with Crippen LogP contribution in [0.2, 0.25) is 0 Å². The van der Waals surface area contributed by atoms with Crippen LogP contribution >= 0.6 is 0 Å². The molecule has 1 aromatic heterocycles. The Bertz CT molecular complexity index is 1540. The van der Waals surface area contributed by atoms with Crippen LogP contribution in [0, 0.1) is 0 Å². The van der Waals surface area contributed by atoms with E-state index in [1.54, 1.807) is 30.5 Å². The van der Waals surface area contributed by atoms with Crippen LogP contribution < -0.4 is 20.7 Å². The van der Waals surface area contributed by atoms with E-state index in [9.17, 15) is 13.2 Å². The molecule has 4 N–H and O–H groups in total. The van der Waals surface area contributed by atoms with Crippen LogP contribution in [-0.2, 0) is 21.2 Å². The lowest BCUT2D eigenvalue weighted by molar-refractivity contribution is -0.116. The van der Waals surface area contributed by atoms with Crippen LogP contribution in [0.4, 0.5) is 23.1 Å². The van der Waals surface area contributed by atoms with Crippen molar-refractivity contribution < 1.29 is 13.2 Å². The molecule has 0 radical (unpaired) electrons. The molecule has 1 aliphatic rings. The fourth-order valence-corrected chi connectivity index (χ4v) is 5.38. The molecule has 0 unspecified atom stereocenters. The summed E-state index contributed by atoms with van der Waals surface area (Å²) in [6, 6.07) is 24.1. The molecule has 4 aromatic rings. The van der Waals surface area contributed by atoms with Gasteiger partial charge in [0.15, 0.2) is 0 Å². The number of rotatable bonds is 5. The summed E-state index contributed by atoms with van der Waals surface area (Å²) in [5.74, 6) is 1.03. The second kappa shape index (κ2) is 12.1. The van der Waals surface area contributed by atoms with Crippen LogP contribution in [0.3, 0.4) is 0 Å². The fourth-order valence-electron chi connectivity index (χ4n) is 4.26. The molecule has 9 nitrogen and oxygen atoms in total. The number of para-hydroxylation sites is 1. The van der Waals surface area contributed by atoms with Gasteiger partial charge in [0.2, 0.25) is 21.9 Å². The average Bonchev–Trinajstić information content (AvgIpc) is 2.94. The molecular formula is C29H30N6O3S. The zero-order valence-electron chi connectivity index (χ0n) is 21.4. The van der Waals surface area contributed by atoms with Crippen molar-refractivity contribution >= 4 is 39.1 Å². The van der Waals surface area contributed by atoms with E-state index in [1.165, 1.54) is 0 Å². The summed E-state index contributed by atoms with van der Waals surface area (Å²) in [6.45, 7) is 0.986. The molecule has 0 aliphatic carbocycles. The molecule has 5 rings (SSSR count). The van der Waals surface area contributed by atoms with Gasteiger partial charge >= 0.3 is 0 Å². The molecule has 0 saturated heterocycles. The predicted molar refractivity (Wildman–Crippen MR) is 153 cm³/mol. The van der Waals surface area contributed by atoms with Gasteiger partial charge in [-0.05, 0) is 60.7 Å². The van der Waals surface area contributed by atoms with Gasteiger partial charge in [-0.25, -0.2) is 18.1 Å². The lowest BCUT2D eigenvalue weighted by Gasteiger charge is -2.15. The highest BCUT2D eigenvalue weighted by Crippen LogP contribution is 2.29. The molecule has 200 valence electrons. The zero-order valence-corrected chi connectivity index (χ0v) is 22.2. The molecule has 1 amide bonds. The Morgan fingerprint density at radius 2 is 1.72 bits per heavy atom. The largest absolute Gasteiger partial charge is 0.369 e. The maximum Gasteiger partial charge on any atom is 0.240 e. The topological polar surface area (TPSA) is 125 Å². The van der Waals surface area contributed by atoms with Crippen molar-refractivity contribution in [1.29, 1.82) is 0 Å². The smallest absolute Gasteiger partial charge is 0.240 e. The number of sulfonamides is 1. The fraction of sp³-hybridized carbons (Fsp3) is 0.207. The van der Waals surface area contributed by atoms with Crippen molar-refractivity contribution in [2.45, 2.75) is 30.6 Å². The Labute approximate surface area is 228 Å². The summed E-state index contributed by atoms with van der Waals surface area (Å²) in [6.07, 6.45) is 4.23. The number of nitrogens with one attached hydrogen (secondary N) is 4. The minimum Gasteiger partial charge on any atom is -0.369 e. The Hall–Kier alpha value is -4.28. The average molecular weight is 543 g/mol. The summed E-state index contributed by atoms with van der Waals surface area (Å²) in [4.78, 5) is 21.7. The highest BCUT2D eigenvalue weighted by atomic mass is 32.2. The van der Waals surface area contributed by atoms with E-state index in [1.807, 2.05) is 54.6 Å². The van der Waals surface area contributed by atoms with Gasteiger partial charge in [-0.15, -0.1) is 0 Å². The van der Waals surface area contributed by atoms with Crippen LogP contribution in [0.5, 0.6) is 0 Å². The third-order valence-electron chi connectivity index (χ3n) is 6.34. The number of carbonyl (C=O) groups excluding carboxylic acids is 1. The SMILES string of the molecule is O=C(CCc1ccc(-c2cnc3nc2NCCCCNS(=O)(=O)c2cccc(c2)N3)cc1)Nc1ccccc1. The van der Waals surface area contributed by atoms with Crippen molar-refractivity contribution in [2.75, 3.05) is 29.0 Å². The minimum atomic E-state index is -3.58. The van der Waals surface area contributed by atoms with E-state index >= 15 is 0 Å². The zero-order chi connectivity index (χ0) is 27.1. The maximum absolute atomic E-state index is 12.6. The predicted octanol–water partition coefficient (Wildman–Crippen LogP) is 4.94. The third kappa shape index (κ3) is 6.98. The quantitative estimate of drug-likeness (QED) is 0.281. The van der Waals surface area contributed by atoms with Gasteiger partial charge < -0.3 is 16.0 Å². The molecule has 3 aromatic carbocycles. The number of hydrogen-bond acceptors (Lipinski definition) is 7. The van der Waals surface area contributed by atoms with Crippen molar-refractivity contribution in [1.82, 2.24) is 14.7 Å². The number of anilines is 4. The van der Waals surface area contributed by atoms with E-state index in [0.29, 0.717) is 49.8 Å². The summed E-state index contributed by atoms with van der Waals surface area (Å²) in [5, 5.41) is 9.42. The number of fused-ring (bicyclic) bond motifs is 4. The molecule has 0 atom stereocenters. The number of aryl methyl sites for hydroxylation is 1. The minimum absolute atomic E-state index is 0.0220. The van der Waals surface area contributed by atoms with Gasteiger partial charge in [0.05, 0.1) is 4.90 Å².